The van der Waals surface area contributed by atoms with Gasteiger partial charge in [-0.2, -0.15) is 0 Å². The molecule has 0 bridgehead atoms. The van der Waals surface area contributed by atoms with Crippen molar-refractivity contribution in [3.63, 3.8) is 0 Å². The summed E-state index contributed by atoms with van der Waals surface area (Å²) in [6.07, 6.45) is 15.7. The number of rotatable bonds is 6. The Bertz CT molecular complexity index is 1330. The average molecular weight is 532 g/mol. The van der Waals surface area contributed by atoms with E-state index in [1.807, 2.05) is 24.5 Å². The standard InChI is InChI=1S/2C16H14N.Zr/c2*1-2-12-6-5-7-14-13(12)9-10-15(14)16-8-3-4-11-17-16;/h2*3-11H,2H2,1H3;. The van der Waals surface area contributed by atoms with E-state index in [-0.39, 0.29) is 6.25 Å². The van der Waals surface area contributed by atoms with Crippen LogP contribution >= 0.6 is 0 Å². The number of allylic oxidation sites excluding steroid dienone is 2. The molecule has 2 heterocycles. The average Bonchev–Trinajstić information content (AvgIpc) is 3.50. The molecule has 2 aliphatic rings. The first-order valence-corrected chi connectivity index (χ1v) is 14.9. The van der Waals surface area contributed by atoms with E-state index in [2.05, 4.69) is 98.8 Å². The molecule has 2 aliphatic carbocycles. The molecule has 0 aliphatic heterocycles. The Hall–Kier alpha value is -2.90. The third-order valence-corrected chi connectivity index (χ3v) is 12.9. The van der Waals surface area contributed by atoms with Crippen molar-refractivity contribution in [1.29, 1.82) is 0 Å². The van der Waals surface area contributed by atoms with E-state index >= 15 is 0 Å². The van der Waals surface area contributed by atoms with Crippen LogP contribution in [0, 0.1) is 0 Å². The summed E-state index contributed by atoms with van der Waals surface area (Å²) in [6, 6.07) is 26.5. The third kappa shape index (κ3) is 3.47. The zero-order valence-corrected chi connectivity index (χ0v) is 22.7. The molecule has 2 unspecified atom stereocenters. The summed E-state index contributed by atoms with van der Waals surface area (Å²) in [4.78, 5) is 9.98. The van der Waals surface area contributed by atoms with Gasteiger partial charge >= 0.3 is 220 Å². The molecule has 2 aromatic heterocycles. The van der Waals surface area contributed by atoms with Crippen LogP contribution in [0.1, 0.15) is 58.6 Å². The van der Waals surface area contributed by atoms with Crippen molar-refractivity contribution in [1.82, 2.24) is 9.97 Å². The number of aromatic nitrogens is 2. The van der Waals surface area contributed by atoms with Gasteiger partial charge in [-0.3, -0.25) is 0 Å². The predicted octanol–water partition coefficient (Wildman–Crippen LogP) is 6.92. The van der Waals surface area contributed by atoms with Crippen LogP contribution in [0.5, 0.6) is 0 Å². The second kappa shape index (κ2) is 8.95. The Kier molecular flexibility index (Phi) is 5.77. The first kappa shape index (κ1) is 22.6. The molecule has 0 saturated carbocycles. The first-order valence-electron chi connectivity index (χ1n) is 12.5. The van der Waals surface area contributed by atoms with Gasteiger partial charge in [0.05, 0.1) is 0 Å². The number of hydrogen-bond acceptors (Lipinski definition) is 2. The van der Waals surface area contributed by atoms with E-state index < -0.39 is 23.2 Å². The van der Waals surface area contributed by atoms with Gasteiger partial charge in [0.15, 0.2) is 0 Å². The number of aryl methyl sites for hydroxylation is 2. The van der Waals surface area contributed by atoms with Crippen molar-refractivity contribution in [2.45, 2.75) is 32.9 Å². The van der Waals surface area contributed by atoms with Gasteiger partial charge in [-0.25, -0.2) is 0 Å². The van der Waals surface area contributed by atoms with Crippen LogP contribution in [-0.2, 0) is 42.3 Å². The third-order valence-electron chi connectivity index (χ3n) is 7.54. The minimum absolute atomic E-state index is 0.184. The maximum absolute atomic E-state index is 4.99. The zero-order chi connectivity index (χ0) is 23.9. The molecule has 0 N–H and O–H groups in total. The molecule has 0 saturated heterocycles. The molecule has 2 atom stereocenters. The summed E-state index contributed by atoms with van der Waals surface area (Å²) in [5.74, 6) is 0. The van der Waals surface area contributed by atoms with Crippen molar-refractivity contribution >= 4 is 12.2 Å². The Labute approximate surface area is 219 Å². The van der Waals surface area contributed by atoms with Crippen LogP contribution in [0.15, 0.2) is 97.3 Å². The van der Waals surface area contributed by atoms with E-state index in [0.717, 1.165) is 12.8 Å². The fraction of sp³-hybridized carbons (Fsp3) is 0.188. The number of hydrogen-bond donors (Lipinski definition) is 0. The summed E-state index contributed by atoms with van der Waals surface area (Å²) < 4.78 is -0.367. The number of benzene rings is 2. The summed E-state index contributed by atoms with van der Waals surface area (Å²) >= 11 is -1.42. The van der Waals surface area contributed by atoms with E-state index in [1.165, 1.54) is 44.8 Å². The Morgan fingerprint density at radius 1 is 0.600 bits per heavy atom. The molecule has 3 heteroatoms. The normalized spacial score (nSPS) is 21.7. The van der Waals surface area contributed by atoms with E-state index in [0.29, 0.717) is 0 Å². The zero-order valence-electron chi connectivity index (χ0n) is 20.2. The molecule has 0 amide bonds. The Morgan fingerprint density at radius 2 is 1.09 bits per heavy atom. The van der Waals surface area contributed by atoms with Gasteiger partial charge in [-0.1, -0.05) is 0 Å². The number of pyridine rings is 2. The molecule has 0 spiro atoms. The fourth-order valence-corrected chi connectivity index (χ4v) is 11.3. The summed E-state index contributed by atoms with van der Waals surface area (Å²) in [5.41, 5.74) is 10.8. The van der Waals surface area contributed by atoms with Gasteiger partial charge in [0.2, 0.25) is 0 Å². The van der Waals surface area contributed by atoms with Crippen LogP contribution < -0.4 is 0 Å². The Morgan fingerprint density at radius 3 is 1.49 bits per heavy atom. The molecule has 6 rings (SSSR count). The topological polar surface area (TPSA) is 25.8 Å². The van der Waals surface area contributed by atoms with Crippen LogP contribution in [0.2, 0.25) is 0 Å². The summed E-state index contributed by atoms with van der Waals surface area (Å²) in [5, 5.41) is 0. The second-order valence-electron chi connectivity index (χ2n) is 9.30. The van der Waals surface area contributed by atoms with Gasteiger partial charge in [-0.15, -0.1) is 0 Å². The first-order chi connectivity index (χ1) is 17.2. The molecule has 0 fully saturated rings. The molecular formula is C32H28N2Zr. The molecule has 35 heavy (non-hydrogen) atoms. The van der Waals surface area contributed by atoms with Gasteiger partial charge in [0, 0.05) is 0 Å². The molecule has 2 nitrogen and oxygen atoms in total. The maximum atomic E-state index is 4.99. The van der Waals surface area contributed by atoms with Gasteiger partial charge in [0.1, 0.15) is 0 Å². The van der Waals surface area contributed by atoms with Crippen molar-refractivity contribution in [2.24, 2.45) is 0 Å². The molecule has 0 radical (unpaired) electrons. The van der Waals surface area contributed by atoms with Crippen LogP contribution in [-0.4, -0.2) is 9.97 Å². The van der Waals surface area contributed by atoms with E-state index in [4.69, 9.17) is 9.97 Å². The van der Waals surface area contributed by atoms with E-state index in [1.54, 1.807) is 0 Å². The van der Waals surface area contributed by atoms with Crippen LogP contribution in [0.25, 0.3) is 12.2 Å². The van der Waals surface area contributed by atoms with Gasteiger partial charge in [0.25, 0.3) is 0 Å². The predicted molar refractivity (Wildman–Crippen MR) is 140 cm³/mol. The van der Waals surface area contributed by atoms with Crippen molar-refractivity contribution < 1.29 is 23.2 Å². The van der Waals surface area contributed by atoms with E-state index in [9.17, 15) is 0 Å². The van der Waals surface area contributed by atoms with Crippen LogP contribution in [0.3, 0.4) is 0 Å². The van der Waals surface area contributed by atoms with Gasteiger partial charge < -0.3 is 0 Å². The molecule has 4 aromatic rings. The summed E-state index contributed by atoms with van der Waals surface area (Å²) in [7, 11) is 0. The van der Waals surface area contributed by atoms with Crippen molar-refractivity contribution in [3.8, 4) is 0 Å². The number of nitrogens with zero attached hydrogens (tertiary/aromatic N) is 2. The fourth-order valence-electron chi connectivity index (χ4n) is 5.82. The number of fused-ring (bicyclic) bond motifs is 2. The van der Waals surface area contributed by atoms with Crippen molar-refractivity contribution in [3.05, 3.63) is 142 Å². The minimum atomic E-state index is -1.42. The van der Waals surface area contributed by atoms with Crippen molar-refractivity contribution in [2.75, 3.05) is 0 Å². The quantitative estimate of drug-likeness (QED) is 0.270. The molecular weight excluding hydrogens is 504 g/mol. The molecule has 170 valence electrons. The van der Waals surface area contributed by atoms with Crippen LogP contribution in [0.4, 0.5) is 0 Å². The summed E-state index contributed by atoms with van der Waals surface area (Å²) in [6.45, 7) is 4.50. The SMILES string of the molecule is CCc1cccc2c1C=C[C]2([Zr][C]1(c2ccccn2)C=Cc2c(CC)cccc21)c1ccccn1. The monoisotopic (exact) mass is 530 g/mol. The second-order valence-corrected chi connectivity index (χ2v) is 13.8. The van der Waals surface area contributed by atoms with Gasteiger partial charge in [-0.05, 0) is 0 Å². The molecule has 2 aromatic carbocycles. The Balaban J connectivity index is 1.63.